The first-order valence-electron chi connectivity index (χ1n) is 11.0. The van der Waals surface area contributed by atoms with Gasteiger partial charge >= 0.3 is 6.03 Å². The van der Waals surface area contributed by atoms with Crippen molar-refractivity contribution < 1.29 is 9.53 Å². The van der Waals surface area contributed by atoms with Crippen LogP contribution in [0.3, 0.4) is 0 Å². The third-order valence-corrected chi connectivity index (χ3v) is 7.23. The van der Waals surface area contributed by atoms with Crippen LogP contribution in [0.25, 0.3) is 0 Å². The molecular formula is C24H30N6O2. The lowest BCUT2D eigenvalue weighted by atomic mass is 9.68. The molecule has 1 spiro atoms. The number of rotatable bonds is 6. The van der Waals surface area contributed by atoms with Crippen molar-refractivity contribution in [3.05, 3.63) is 54.1 Å². The lowest BCUT2D eigenvalue weighted by Crippen LogP contribution is -2.56. The van der Waals surface area contributed by atoms with E-state index in [9.17, 15) is 4.79 Å². The van der Waals surface area contributed by atoms with E-state index in [0.29, 0.717) is 25.4 Å². The van der Waals surface area contributed by atoms with Crippen molar-refractivity contribution in [3.8, 4) is 6.07 Å². The Bertz CT molecular complexity index is 978. The summed E-state index contributed by atoms with van der Waals surface area (Å²) in [7, 11) is 5.95. The smallest absolute Gasteiger partial charge is 0.325 e. The van der Waals surface area contributed by atoms with E-state index in [2.05, 4.69) is 59.3 Å². The number of aromatic nitrogens is 2. The fourth-order valence-electron chi connectivity index (χ4n) is 5.33. The number of carbonyl (C=O) groups is 1. The number of urea groups is 1. The van der Waals surface area contributed by atoms with Crippen LogP contribution in [0.5, 0.6) is 0 Å². The van der Waals surface area contributed by atoms with Crippen LogP contribution in [-0.2, 0) is 10.3 Å². The minimum absolute atomic E-state index is 0.0482. The Morgan fingerprint density at radius 2 is 1.78 bits per heavy atom. The highest BCUT2D eigenvalue weighted by molar-refractivity contribution is 5.95. The number of hydrogen-bond acceptors (Lipinski definition) is 6. The number of nitriles is 1. The van der Waals surface area contributed by atoms with Crippen molar-refractivity contribution in [2.24, 2.45) is 0 Å². The van der Waals surface area contributed by atoms with Crippen molar-refractivity contribution in [2.45, 2.75) is 36.8 Å². The SMILES string of the molecule is COCCN1C(=O)N(c2cnc(C#N)nc2)C[C@]12CC[C@@](c1ccccc1)(N(C)C)CC2. The molecule has 1 aliphatic carbocycles. The van der Waals surface area contributed by atoms with Gasteiger partial charge < -0.3 is 9.64 Å². The summed E-state index contributed by atoms with van der Waals surface area (Å²) in [5.74, 6) is 0.0997. The van der Waals surface area contributed by atoms with E-state index in [1.54, 1.807) is 24.4 Å². The summed E-state index contributed by atoms with van der Waals surface area (Å²) in [6, 6.07) is 12.5. The summed E-state index contributed by atoms with van der Waals surface area (Å²) < 4.78 is 5.32. The molecule has 2 aliphatic rings. The molecule has 2 amide bonds. The molecule has 1 aromatic carbocycles. The van der Waals surface area contributed by atoms with Crippen LogP contribution in [0.1, 0.15) is 37.1 Å². The Balaban J connectivity index is 1.63. The van der Waals surface area contributed by atoms with Gasteiger partial charge in [0, 0.05) is 19.2 Å². The predicted molar refractivity (Wildman–Crippen MR) is 121 cm³/mol. The number of methoxy groups -OCH3 is 1. The highest BCUT2D eigenvalue weighted by atomic mass is 16.5. The third-order valence-electron chi connectivity index (χ3n) is 7.23. The summed E-state index contributed by atoms with van der Waals surface area (Å²) >= 11 is 0. The summed E-state index contributed by atoms with van der Waals surface area (Å²) in [4.78, 5) is 27.7. The summed E-state index contributed by atoms with van der Waals surface area (Å²) in [6.45, 7) is 1.62. The molecule has 168 valence electrons. The topological polar surface area (TPSA) is 85.6 Å². The fourth-order valence-corrected chi connectivity index (χ4v) is 5.33. The van der Waals surface area contributed by atoms with E-state index in [4.69, 9.17) is 10.00 Å². The third kappa shape index (κ3) is 3.72. The van der Waals surface area contributed by atoms with Crippen molar-refractivity contribution >= 4 is 11.7 Å². The number of carbonyl (C=O) groups excluding carboxylic acids is 1. The molecule has 0 bridgehead atoms. The van der Waals surface area contributed by atoms with Gasteiger partial charge in [0.2, 0.25) is 5.82 Å². The molecule has 0 radical (unpaired) electrons. The van der Waals surface area contributed by atoms with E-state index < -0.39 is 0 Å². The van der Waals surface area contributed by atoms with Crippen molar-refractivity contribution in [1.82, 2.24) is 19.8 Å². The highest BCUT2D eigenvalue weighted by Crippen LogP contribution is 2.49. The van der Waals surface area contributed by atoms with E-state index in [0.717, 1.165) is 25.7 Å². The molecular weight excluding hydrogens is 404 g/mol. The Hall–Kier alpha value is -3.02. The normalized spacial score (nSPS) is 25.5. The maximum atomic E-state index is 13.5. The molecule has 1 aromatic heterocycles. The number of hydrogen-bond donors (Lipinski definition) is 0. The van der Waals surface area contributed by atoms with Gasteiger partial charge in [0.25, 0.3) is 0 Å². The molecule has 0 atom stereocenters. The number of amides is 2. The maximum absolute atomic E-state index is 13.5. The second-order valence-corrected chi connectivity index (χ2v) is 8.91. The van der Waals surface area contributed by atoms with E-state index in [-0.39, 0.29) is 22.9 Å². The lowest BCUT2D eigenvalue weighted by molar-refractivity contribution is 0.0189. The van der Waals surface area contributed by atoms with Gasteiger partial charge in [0.05, 0.1) is 36.8 Å². The van der Waals surface area contributed by atoms with Crippen LogP contribution in [0.15, 0.2) is 42.7 Å². The lowest BCUT2D eigenvalue weighted by Gasteiger charge is -2.51. The average molecular weight is 435 g/mol. The van der Waals surface area contributed by atoms with Gasteiger partial charge in [-0.25, -0.2) is 14.8 Å². The summed E-state index contributed by atoms with van der Waals surface area (Å²) in [5.41, 5.74) is 1.64. The van der Waals surface area contributed by atoms with Gasteiger partial charge in [-0.1, -0.05) is 30.3 Å². The second kappa shape index (κ2) is 8.85. The zero-order valence-electron chi connectivity index (χ0n) is 19.0. The minimum Gasteiger partial charge on any atom is -0.383 e. The van der Waals surface area contributed by atoms with E-state index >= 15 is 0 Å². The molecule has 2 fully saturated rings. The summed E-state index contributed by atoms with van der Waals surface area (Å²) in [6.07, 6.45) is 6.82. The minimum atomic E-state index is -0.266. The molecule has 0 unspecified atom stereocenters. The Labute approximate surface area is 189 Å². The molecule has 4 rings (SSSR count). The van der Waals surface area contributed by atoms with Gasteiger partial charge in [0.15, 0.2) is 0 Å². The first-order chi connectivity index (χ1) is 15.5. The maximum Gasteiger partial charge on any atom is 0.325 e. The highest BCUT2D eigenvalue weighted by Gasteiger charge is 2.54. The largest absolute Gasteiger partial charge is 0.383 e. The van der Waals surface area contributed by atoms with Crippen LogP contribution in [-0.4, -0.2) is 72.2 Å². The zero-order valence-corrected chi connectivity index (χ0v) is 19.0. The number of benzene rings is 1. The standard InChI is InChI=1S/C24H30N6O2/c1-28(2)24(19-7-5-4-6-8-19)11-9-23(10-12-24)18-29(22(31)30(23)13-14-32-3)20-16-26-21(15-25)27-17-20/h4-8,16-17H,9-14,18H2,1-3H3/t23-,24-. The monoisotopic (exact) mass is 434 g/mol. The van der Waals surface area contributed by atoms with Crippen LogP contribution in [0.2, 0.25) is 0 Å². The number of anilines is 1. The molecule has 2 aromatic rings. The van der Waals surface area contributed by atoms with Crippen molar-refractivity contribution in [1.29, 1.82) is 5.26 Å². The van der Waals surface area contributed by atoms with E-state index in [1.165, 1.54) is 5.56 Å². The molecule has 32 heavy (non-hydrogen) atoms. The summed E-state index contributed by atoms with van der Waals surface area (Å²) in [5, 5.41) is 8.99. The molecule has 8 nitrogen and oxygen atoms in total. The first-order valence-corrected chi connectivity index (χ1v) is 11.0. The van der Waals surface area contributed by atoms with Gasteiger partial charge in [0.1, 0.15) is 6.07 Å². The molecule has 1 saturated heterocycles. The van der Waals surface area contributed by atoms with Crippen molar-refractivity contribution in [3.63, 3.8) is 0 Å². The van der Waals surface area contributed by atoms with Crippen molar-refractivity contribution in [2.75, 3.05) is 45.8 Å². The van der Waals surface area contributed by atoms with Gasteiger partial charge in [-0.05, 0) is 45.3 Å². The fraction of sp³-hybridized carbons (Fsp3) is 0.500. The molecule has 0 N–H and O–H groups in total. The zero-order chi connectivity index (χ0) is 22.8. The molecule has 1 aliphatic heterocycles. The van der Waals surface area contributed by atoms with Gasteiger partial charge in [-0.2, -0.15) is 5.26 Å². The van der Waals surface area contributed by atoms with Crippen LogP contribution >= 0.6 is 0 Å². The Kier molecular flexibility index (Phi) is 6.13. The Morgan fingerprint density at radius 3 is 2.34 bits per heavy atom. The molecule has 2 heterocycles. The predicted octanol–water partition coefficient (Wildman–Crippen LogP) is 3.01. The Morgan fingerprint density at radius 1 is 1.12 bits per heavy atom. The van der Waals surface area contributed by atoms with Crippen LogP contribution in [0, 0.1) is 11.3 Å². The number of ether oxygens (including phenoxy) is 1. The molecule has 8 heteroatoms. The first kappa shape index (κ1) is 22.2. The van der Waals surface area contributed by atoms with Crippen LogP contribution in [0.4, 0.5) is 10.5 Å². The van der Waals surface area contributed by atoms with Gasteiger partial charge in [-0.3, -0.25) is 9.80 Å². The van der Waals surface area contributed by atoms with Crippen LogP contribution < -0.4 is 4.90 Å². The number of nitrogens with zero attached hydrogens (tertiary/aromatic N) is 6. The molecule has 1 saturated carbocycles. The second-order valence-electron chi connectivity index (χ2n) is 8.91. The quantitative estimate of drug-likeness (QED) is 0.695. The van der Waals surface area contributed by atoms with E-state index in [1.807, 2.05) is 11.0 Å². The van der Waals surface area contributed by atoms with Gasteiger partial charge in [-0.15, -0.1) is 0 Å². The average Bonchev–Trinajstić information content (AvgIpc) is 3.09.